The topological polar surface area (TPSA) is 29.5 Å². The van der Waals surface area contributed by atoms with E-state index in [-0.39, 0.29) is 7.69 Å². The Morgan fingerprint density at radius 1 is 1.17 bits per heavy atom. The van der Waals surface area contributed by atoms with Gasteiger partial charge in [-0.05, 0) is 43.5 Å². The minimum atomic E-state index is -0.261. The second-order valence-electron chi connectivity index (χ2n) is 2.90. The van der Waals surface area contributed by atoms with Crippen LogP contribution < -0.4 is 4.65 Å². The fraction of sp³-hybridized carbons (Fsp3) is 0.333. The molecular formula is C9H13BO2. The largest absolute Gasteiger partial charge is 0.539 e. The molecule has 0 unspecified atom stereocenters. The predicted octanol–water partition coefficient (Wildman–Crippen LogP) is 1.25. The number of hydrogen-bond donors (Lipinski definition) is 1. The highest BCUT2D eigenvalue weighted by molar-refractivity contribution is 6.17. The maximum absolute atomic E-state index is 8.58. The zero-order valence-corrected chi connectivity index (χ0v) is 7.72. The third-order valence-electron chi connectivity index (χ3n) is 2.23. The van der Waals surface area contributed by atoms with Crippen LogP contribution in [0.4, 0.5) is 0 Å². The Bertz CT molecular complexity index is 284. The molecule has 1 rings (SSSR count). The molecule has 3 heteroatoms. The van der Waals surface area contributed by atoms with E-state index in [0.717, 1.165) is 11.3 Å². The van der Waals surface area contributed by atoms with E-state index in [1.54, 1.807) is 0 Å². The van der Waals surface area contributed by atoms with Crippen molar-refractivity contribution in [2.45, 2.75) is 20.8 Å². The van der Waals surface area contributed by atoms with Crippen LogP contribution in [-0.2, 0) is 0 Å². The average Bonchev–Trinajstić information content (AvgIpc) is 2.07. The summed E-state index contributed by atoms with van der Waals surface area (Å²) in [6, 6.07) is 3.88. The number of benzene rings is 1. The minimum absolute atomic E-state index is 0.261. The molecule has 0 aromatic heterocycles. The summed E-state index contributed by atoms with van der Waals surface area (Å²) >= 11 is 0. The fourth-order valence-electron chi connectivity index (χ4n) is 1.16. The van der Waals surface area contributed by atoms with Gasteiger partial charge >= 0.3 is 7.69 Å². The SMILES string of the molecule is Cc1ccc(OBO)c(C)c1C. The van der Waals surface area contributed by atoms with E-state index in [4.69, 9.17) is 9.68 Å². The molecule has 1 aromatic rings. The molecule has 0 atom stereocenters. The van der Waals surface area contributed by atoms with Crippen molar-refractivity contribution in [3.63, 3.8) is 0 Å². The first-order chi connectivity index (χ1) is 5.66. The van der Waals surface area contributed by atoms with Crippen LogP contribution >= 0.6 is 0 Å². The number of aryl methyl sites for hydroxylation is 1. The first kappa shape index (κ1) is 9.14. The van der Waals surface area contributed by atoms with Crippen molar-refractivity contribution in [3.8, 4) is 5.75 Å². The van der Waals surface area contributed by atoms with Gasteiger partial charge in [0.05, 0.1) is 0 Å². The molecule has 64 valence electrons. The van der Waals surface area contributed by atoms with Gasteiger partial charge < -0.3 is 9.68 Å². The predicted molar refractivity (Wildman–Crippen MR) is 50.6 cm³/mol. The third kappa shape index (κ3) is 1.61. The fourth-order valence-corrected chi connectivity index (χ4v) is 1.16. The van der Waals surface area contributed by atoms with E-state index in [2.05, 4.69) is 13.8 Å². The third-order valence-corrected chi connectivity index (χ3v) is 2.23. The molecule has 1 N–H and O–H groups in total. The van der Waals surface area contributed by atoms with Crippen LogP contribution in [0.15, 0.2) is 12.1 Å². The first-order valence-corrected chi connectivity index (χ1v) is 3.97. The summed E-state index contributed by atoms with van der Waals surface area (Å²) in [6.07, 6.45) is 0. The molecule has 0 aliphatic heterocycles. The number of rotatable bonds is 2. The highest BCUT2D eigenvalue weighted by atomic mass is 16.5. The zero-order chi connectivity index (χ0) is 9.14. The first-order valence-electron chi connectivity index (χ1n) is 3.97. The van der Waals surface area contributed by atoms with Gasteiger partial charge in [-0.25, -0.2) is 0 Å². The quantitative estimate of drug-likeness (QED) is 0.666. The van der Waals surface area contributed by atoms with Gasteiger partial charge in [-0.1, -0.05) is 6.07 Å². The second kappa shape index (κ2) is 3.63. The van der Waals surface area contributed by atoms with Crippen LogP contribution in [0.3, 0.4) is 0 Å². The van der Waals surface area contributed by atoms with Crippen LogP contribution in [0.1, 0.15) is 16.7 Å². The molecule has 2 nitrogen and oxygen atoms in total. The molecule has 0 saturated heterocycles. The van der Waals surface area contributed by atoms with Gasteiger partial charge in [-0.2, -0.15) is 0 Å². The summed E-state index contributed by atoms with van der Waals surface area (Å²) in [7, 11) is -0.261. The summed E-state index contributed by atoms with van der Waals surface area (Å²) in [5.74, 6) is 0.764. The van der Waals surface area contributed by atoms with E-state index in [1.807, 2.05) is 19.1 Å². The molecule has 0 heterocycles. The van der Waals surface area contributed by atoms with E-state index >= 15 is 0 Å². The van der Waals surface area contributed by atoms with E-state index in [9.17, 15) is 0 Å². The summed E-state index contributed by atoms with van der Waals surface area (Å²) in [5.41, 5.74) is 3.57. The van der Waals surface area contributed by atoms with Gasteiger partial charge in [-0.15, -0.1) is 0 Å². The van der Waals surface area contributed by atoms with Crippen LogP contribution in [0.25, 0.3) is 0 Å². The Balaban J connectivity index is 3.08. The van der Waals surface area contributed by atoms with Crippen molar-refractivity contribution >= 4 is 7.69 Å². The Hall–Kier alpha value is -0.955. The Labute approximate surface area is 73.5 Å². The van der Waals surface area contributed by atoms with Crippen molar-refractivity contribution in [1.29, 1.82) is 0 Å². The molecule has 0 aliphatic carbocycles. The Morgan fingerprint density at radius 2 is 1.83 bits per heavy atom. The van der Waals surface area contributed by atoms with Crippen LogP contribution in [0.5, 0.6) is 5.75 Å². The smallest absolute Gasteiger partial charge is 0.504 e. The highest BCUT2D eigenvalue weighted by Gasteiger charge is 2.03. The molecule has 0 saturated carbocycles. The maximum atomic E-state index is 8.58. The molecular weight excluding hydrogens is 151 g/mol. The van der Waals surface area contributed by atoms with Crippen molar-refractivity contribution < 1.29 is 9.68 Å². The summed E-state index contributed by atoms with van der Waals surface area (Å²) in [5, 5.41) is 8.58. The van der Waals surface area contributed by atoms with Gasteiger partial charge in [0.2, 0.25) is 0 Å². The van der Waals surface area contributed by atoms with Crippen LogP contribution in [-0.4, -0.2) is 12.7 Å². The molecule has 0 bridgehead atoms. The lowest BCUT2D eigenvalue weighted by molar-refractivity contribution is 0.451. The lowest BCUT2D eigenvalue weighted by Crippen LogP contribution is -2.02. The summed E-state index contributed by atoms with van der Waals surface area (Å²) in [6.45, 7) is 6.10. The Kier molecular flexibility index (Phi) is 2.76. The molecule has 0 fully saturated rings. The van der Waals surface area contributed by atoms with E-state index < -0.39 is 0 Å². The van der Waals surface area contributed by atoms with Crippen molar-refractivity contribution in [3.05, 3.63) is 28.8 Å². The van der Waals surface area contributed by atoms with Crippen molar-refractivity contribution in [1.82, 2.24) is 0 Å². The summed E-state index contributed by atoms with van der Waals surface area (Å²) in [4.78, 5) is 0. The molecule has 0 radical (unpaired) electrons. The average molecular weight is 164 g/mol. The second-order valence-corrected chi connectivity index (χ2v) is 2.90. The van der Waals surface area contributed by atoms with Gasteiger partial charge in [0.25, 0.3) is 0 Å². The van der Waals surface area contributed by atoms with Gasteiger partial charge in [0, 0.05) is 0 Å². The van der Waals surface area contributed by atoms with Gasteiger partial charge in [-0.3, -0.25) is 0 Å². The normalized spacial score (nSPS) is 9.67. The van der Waals surface area contributed by atoms with Crippen LogP contribution in [0, 0.1) is 20.8 Å². The minimum Gasteiger partial charge on any atom is -0.539 e. The molecule has 0 amide bonds. The summed E-state index contributed by atoms with van der Waals surface area (Å²) < 4.78 is 5.03. The van der Waals surface area contributed by atoms with Crippen LogP contribution in [0.2, 0.25) is 0 Å². The zero-order valence-electron chi connectivity index (χ0n) is 7.72. The molecule has 0 spiro atoms. The van der Waals surface area contributed by atoms with Crippen molar-refractivity contribution in [2.24, 2.45) is 0 Å². The maximum Gasteiger partial charge on any atom is 0.504 e. The standard InChI is InChI=1S/C9H13BO2/c1-6-4-5-9(12-10-11)8(3)7(6)2/h4-5,10-11H,1-3H3. The van der Waals surface area contributed by atoms with E-state index in [0.29, 0.717) is 0 Å². The van der Waals surface area contributed by atoms with Gasteiger partial charge in [0.15, 0.2) is 0 Å². The molecule has 0 aliphatic rings. The van der Waals surface area contributed by atoms with E-state index in [1.165, 1.54) is 11.1 Å². The monoisotopic (exact) mass is 164 g/mol. The molecule has 1 aromatic carbocycles. The lowest BCUT2D eigenvalue weighted by Gasteiger charge is -2.10. The highest BCUT2D eigenvalue weighted by Crippen LogP contribution is 2.22. The van der Waals surface area contributed by atoms with Crippen molar-refractivity contribution in [2.75, 3.05) is 0 Å². The molecule has 12 heavy (non-hydrogen) atoms. The Morgan fingerprint density at radius 3 is 2.42 bits per heavy atom. The van der Waals surface area contributed by atoms with Gasteiger partial charge in [0.1, 0.15) is 5.75 Å². The lowest BCUT2D eigenvalue weighted by atomic mass is 10.0. The number of hydrogen-bond acceptors (Lipinski definition) is 2.